The molecule has 1 N–H and O–H groups in total. The fourth-order valence-electron chi connectivity index (χ4n) is 3.31. The summed E-state index contributed by atoms with van der Waals surface area (Å²) in [5, 5.41) is 15.1. The first kappa shape index (κ1) is 13.0. The Morgan fingerprint density at radius 3 is 2.65 bits per heavy atom. The molecule has 0 bridgehead atoms. The van der Waals surface area contributed by atoms with Crippen LogP contribution in [0.1, 0.15) is 38.2 Å². The third kappa shape index (κ3) is 2.49. The average Bonchev–Trinajstić information content (AvgIpc) is 2.48. The number of nitrogens with one attached hydrogen (secondary N) is 1. The van der Waals surface area contributed by atoms with Crippen molar-refractivity contribution in [1.29, 1.82) is 5.26 Å². The quantitative estimate of drug-likeness (QED) is 0.853. The summed E-state index contributed by atoms with van der Waals surface area (Å²) in [5.41, 5.74) is 1.92. The van der Waals surface area contributed by atoms with Gasteiger partial charge < -0.3 is 5.32 Å². The first-order valence-corrected chi connectivity index (χ1v) is 7.46. The molecule has 20 heavy (non-hydrogen) atoms. The van der Waals surface area contributed by atoms with Gasteiger partial charge in [0.2, 0.25) is 0 Å². The molecule has 2 atom stereocenters. The molecule has 2 aromatic carbocycles. The van der Waals surface area contributed by atoms with Gasteiger partial charge in [-0.05, 0) is 30.9 Å². The van der Waals surface area contributed by atoms with Gasteiger partial charge in [0.05, 0.1) is 11.6 Å². The fourth-order valence-corrected chi connectivity index (χ4v) is 3.31. The smallest absolute Gasteiger partial charge is 0.0998 e. The highest BCUT2D eigenvalue weighted by Crippen LogP contribution is 2.30. The molecule has 1 saturated carbocycles. The van der Waals surface area contributed by atoms with Crippen LogP contribution in [0.4, 0.5) is 5.69 Å². The second-order valence-electron chi connectivity index (χ2n) is 5.93. The van der Waals surface area contributed by atoms with E-state index in [0.29, 0.717) is 6.04 Å². The molecule has 0 heterocycles. The molecule has 1 aliphatic carbocycles. The molecule has 2 heteroatoms. The maximum absolute atomic E-state index is 9.21. The van der Waals surface area contributed by atoms with Gasteiger partial charge in [0.25, 0.3) is 0 Å². The minimum absolute atomic E-state index is 0.565. The normalized spacial score (nSPS) is 22.4. The van der Waals surface area contributed by atoms with Gasteiger partial charge in [0, 0.05) is 22.5 Å². The summed E-state index contributed by atoms with van der Waals surface area (Å²) in [5.74, 6) is 0.811. The number of anilines is 1. The van der Waals surface area contributed by atoms with Crippen LogP contribution in [0.25, 0.3) is 10.8 Å². The summed E-state index contributed by atoms with van der Waals surface area (Å²) < 4.78 is 0. The summed E-state index contributed by atoms with van der Waals surface area (Å²) in [7, 11) is 0. The van der Waals surface area contributed by atoms with E-state index in [2.05, 4.69) is 30.4 Å². The molecule has 3 rings (SSSR count). The van der Waals surface area contributed by atoms with E-state index < -0.39 is 0 Å². The van der Waals surface area contributed by atoms with Gasteiger partial charge >= 0.3 is 0 Å². The van der Waals surface area contributed by atoms with Crippen molar-refractivity contribution in [2.24, 2.45) is 5.92 Å². The summed E-state index contributed by atoms with van der Waals surface area (Å²) in [6.07, 6.45) is 5.16. The molecule has 102 valence electrons. The Balaban J connectivity index is 1.94. The van der Waals surface area contributed by atoms with Crippen molar-refractivity contribution in [3.05, 3.63) is 42.0 Å². The predicted molar refractivity (Wildman–Crippen MR) is 83.7 cm³/mol. The molecule has 1 fully saturated rings. The Labute approximate surface area is 120 Å². The van der Waals surface area contributed by atoms with Gasteiger partial charge in [-0.1, -0.05) is 44.0 Å². The van der Waals surface area contributed by atoms with E-state index in [4.69, 9.17) is 0 Å². The minimum Gasteiger partial charge on any atom is -0.382 e. The van der Waals surface area contributed by atoms with Crippen molar-refractivity contribution >= 4 is 16.5 Å². The third-order valence-electron chi connectivity index (χ3n) is 4.34. The molecule has 0 aromatic heterocycles. The second kappa shape index (κ2) is 5.54. The number of nitrogens with zero attached hydrogens (tertiary/aromatic N) is 1. The van der Waals surface area contributed by atoms with Crippen LogP contribution in [0, 0.1) is 17.2 Å². The van der Waals surface area contributed by atoms with Crippen LogP contribution in [-0.4, -0.2) is 6.04 Å². The lowest BCUT2D eigenvalue weighted by Gasteiger charge is -2.28. The second-order valence-corrected chi connectivity index (χ2v) is 5.93. The van der Waals surface area contributed by atoms with Gasteiger partial charge in [0.1, 0.15) is 0 Å². The molecule has 0 spiro atoms. The molecule has 2 unspecified atom stereocenters. The van der Waals surface area contributed by atoms with Crippen LogP contribution in [0.3, 0.4) is 0 Å². The van der Waals surface area contributed by atoms with Crippen LogP contribution in [0.5, 0.6) is 0 Å². The van der Waals surface area contributed by atoms with E-state index in [1.165, 1.54) is 31.4 Å². The highest BCUT2D eigenvalue weighted by atomic mass is 14.9. The molecular weight excluding hydrogens is 244 g/mol. The number of rotatable bonds is 2. The molecule has 2 nitrogen and oxygen atoms in total. The van der Waals surface area contributed by atoms with E-state index in [0.717, 1.165) is 22.3 Å². The van der Waals surface area contributed by atoms with Crippen LogP contribution >= 0.6 is 0 Å². The summed E-state index contributed by atoms with van der Waals surface area (Å²) >= 11 is 0. The highest BCUT2D eigenvalue weighted by Gasteiger charge is 2.19. The maximum Gasteiger partial charge on any atom is 0.0998 e. The van der Waals surface area contributed by atoms with Crippen molar-refractivity contribution in [2.45, 2.75) is 38.6 Å². The van der Waals surface area contributed by atoms with Gasteiger partial charge in [-0.15, -0.1) is 0 Å². The molecule has 0 aliphatic heterocycles. The lowest BCUT2D eigenvalue weighted by Crippen LogP contribution is -2.26. The van der Waals surface area contributed by atoms with Gasteiger partial charge in [0.15, 0.2) is 0 Å². The van der Waals surface area contributed by atoms with E-state index in [-0.39, 0.29) is 0 Å². The molecule has 1 aliphatic rings. The van der Waals surface area contributed by atoms with Crippen LogP contribution in [0.15, 0.2) is 36.4 Å². The SMILES string of the molecule is CC1CCCC(Nc2ccc(C#N)c3ccccc23)C1. The van der Waals surface area contributed by atoms with Crippen molar-refractivity contribution in [1.82, 2.24) is 0 Å². The Bertz CT molecular complexity index is 654. The molecule has 0 saturated heterocycles. The molecule has 0 amide bonds. The van der Waals surface area contributed by atoms with Crippen molar-refractivity contribution in [3.8, 4) is 6.07 Å². The zero-order chi connectivity index (χ0) is 13.9. The van der Waals surface area contributed by atoms with Crippen LogP contribution < -0.4 is 5.32 Å². The number of hydrogen-bond donors (Lipinski definition) is 1. The van der Waals surface area contributed by atoms with Gasteiger partial charge in [-0.25, -0.2) is 0 Å². The average molecular weight is 264 g/mol. The summed E-state index contributed by atoms with van der Waals surface area (Å²) in [6, 6.07) is 15.0. The Hall–Kier alpha value is -2.01. The van der Waals surface area contributed by atoms with Gasteiger partial charge in [-0.3, -0.25) is 0 Å². The molecule has 0 radical (unpaired) electrons. The number of nitriles is 1. The number of fused-ring (bicyclic) bond motifs is 1. The molecular formula is C18H20N2. The van der Waals surface area contributed by atoms with Crippen molar-refractivity contribution in [2.75, 3.05) is 5.32 Å². The maximum atomic E-state index is 9.21. The lowest BCUT2D eigenvalue weighted by atomic mass is 9.87. The number of hydrogen-bond acceptors (Lipinski definition) is 2. The van der Waals surface area contributed by atoms with E-state index in [9.17, 15) is 5.26 Å². The van der Waals surface area contributed by atoms with E-state index >= 15 is 0 Å². The predicted octanol–water partition coefficient (Wildman–Crippen LogP) is 4.70. The largest absolute Gasteiger partial charge is 0.382 e. The van der Waals surface area contributed by atoms with E-state index in [1.807, 2.05) is 24.3 Å². The van der Waals surface area contributed by atoms with Crippen molar-refractivity contribution < 1.29 is 0 Å². The van der Waals surface area contributed by atoms with Crippen LogP contribution in [0.2, 0.25) is 0 Å². The Morgan fingerprint density at radius 2 is 1.90 bits per heavy atom. The third-order valence-corrected chi connectivity index (χ3v) is 4.34. The summed E-state index contributed by atoms with van der Waals surface area (Å²) in [6.45, 7) is 2.34. The fraction of sp³-hybridized carbons (Fsp3) is 0.389. The summed E-state index contributed by atoms with van der Waals surface area (Å²) in [4.78, 5) is 0. The number of benzene rings is 2. The van der Waals surface area contributed by atoms with Gasteiger partial charge in [-0.2, -0.15) is 5.26 Å². The highest BCUT2D eigenvalue weighted by molar-refractivity contribution is 5.97. The Kier molecular flexibility index (Phi) is 3.60. The zero-order valence-electron chi connectivity index (χ0n) is 11.9. The topological polar surface area (TPSA) is 35.8 Å². The first-order valence-electron chi connectivity index (χ1n) is 7.46. The standard InChI is InChI=1S/C18H20N2/c1-13-5-4-6-15(11-13)20-18-10-9-14(12-19)16-7-2-3-8-17(16)18/h2-3,7-10,13,15,20H,4-6,11H2,1H3. The molecule has 2 aromatic rings. The van der Waals surface area contributed by atoms with Crippen molar-refractivity contribution in [3.63, 3.8) is 0 Å². The lowest BCUT2D eigenvalue weighted by molar-refractivity contribution is 0.359. The van der Waals surface area contributed by atoms with E-state index in [1.54, 1.807) is 0 Å². The Morgan fingerprint density at radius 1 is 1.10 bits per heavy atom. The monoisotopic (exact) mass is 264 g/mol. The van der Waals surface area contributed by atoms with Crippen LogP contribution in [-0.2, 0) is 0 Å². The zero-order valence-corrected chi connectivity index (χ0v) is 11.9. The minimum atomic E-state index is 0.565. The first-order chi connectivity index (χ1) is 9.78.